The number of rotatable bonds is 11. The van der Waals surface area contributed by atoms with Crippen LogP contribution in [0.2, 0.25) is 0 Å². The van der Waals surface area contributed by atoms with Gasteiger partial charge in [-0.3, -0.25) is 24.0 Å². The standard InChI is InChI=1S/C47H54N10O5/c48-24-7-6-15-37-45(60)54-36(43(51)58)14-5-4-9-29-16-20-32(21-17-29)38-26-39(52-33-22-18-31(27-49)19-23-33)34-12-8-13-35(42(34)53-38)44(59)57-41(28-50)47(62)56-40(46(61)55-37)25-30-10-2-1-3-11-30/h1-5,8,10-13,16-23,26,36-37,40-41H,6-7,9,14-15,24-25,27-28,48-50H2,(H2,51,58)(H,52,53)(H,54,60)(H,55,61)(H,56,62)(H,57,59)/b5-4+/t36-,37+,40-,41-/m0/s1. The first-order chi connectivity index (χ1) is 30.1. The van der Waals surface area contributed by atoms with Crippen LogP contribution in [0.15, 0.2) is 115 Å². The van der Waals surface area contributed by atoms with Crippen LogP contribution in [0.5, 0.6) is 0 Å². The van der Waals surface area contributed by atoms with Gasteiger partial charge in [-0.05, 0) is 79.6 Å². The average Bonchev–Trinajstić information content (AvgIpc) is 3.28. The summed E-state index contributed by atoms with van der Waals surface area (Å²) in [5.41, 5.74) is 29.6. The molecule has 0 fully saturated rings. The van der Waals surface area contributed by atoms with Gasteiger partial charge in [-0.1, -0.05) is 91.0 Å². The summed E-state index contributed by atoms with van der Waals surface area (Å²) in [5, 5.41) is 15.2. The van der Waals surface area contributed by atoms with Gasteiger partial charge in [0.05, 0.1) is 22.5 Å². The van der Waals surface area contributed by atoms with Gasteiger partial charge in [-0.25, -0.2) is 4.98 Å². The first kappa shape index (κ1) is 44.6. The zero-order valence-corrected chi connectivity index (χ0v) is 34.4. The first-order valence-corrected chi connectivity index (χ1v) is 20.8. The first-order valence-electron chi connectivity index (χ1n) is 20.8. The molecule has 7 rings (SSSR count). The molecule has 0 aliphatic carbocycles. The third-order valence-electron chi connectivity index (χ3n) is 10.7. The predicted molar refractivity (Wildman–Crippen MR) is 241 cm³/mol. The molecule has 4 atom stereocenters. The van der Waals surface area contributed by atoms with Crippen molar-refractivity contribution < 1.29 is 24.0 Å². The van der Waals surface area contributed by atoms with Crippen molar-refractivity contribution in [1.29, 1.82) is 0 Å². The third kappa shape index (κ3) is 11.7. The van der Waals surface area contributed by atoms with Crippen LogP contribution < -0.4 is 49.5 Å². The highest BCUT2D eigenvalue weighted by atomic mass is 16.2. The van der Waals surface area contributed by atoms with Crippen LogP contribution in [0.25, 0.3) is 22.2 Å². The number of nitrogens with zero attached hydrogens (tertiary/aromatic N) is 1. The monoisotopic (exact) mass is 838 g/mol. The number of nitrogens with two attached hydrogens (primary N) is 4. The van der Waals surface area contributed by atoms with E-state index in [1.54, 1.807) is 42.5 Å². The minimum absolute atomic E-state index is 0.0526. The lowest BCUT2D eigenvalue weighted by Gasteiger charge is -2.26. The van der Waals surface area contributed by atoms with Crippen LogP contribution in [0.3, 0.4) is 0 Å². The predicted octanol–water partition coefficient (Wildman–Crippen LogP) is 2.98. The SMILES string of the molecule is NCCCC[C@H]1NC(=O)[C@H](Cc2ccccc2)NC(=O)[C@H](CN)NC(=O)c2cccc3c(Nc4ccc(CN)cc4)cc(nc23)-c2ccc(cc2)C/C=C/C[C@@H](C(N)=O)NC1=O. The lowest BCUT2D eigenvalue weighted by atomic mass is 10.0. The molecular weight excluding hydrogens is 785 g/mol. The Hall–Kier alpha value is -6.94. The molecule has 0 saturated heterocycles. The van der Waals surface area contributed by atoms with E-state index in [1.807, 2.05) is 72.8 Å². The van der Waals surface area contributed by atoms with Crippen LogP contribution in [0.4, 0.5) is 11.4 Å². The molecule has 4 bridgehead atoms. The summed E-state index contributed by atoms with van der Waals surface area (Å²) in [4.78, 5) is 73.7. The summed E-state index contributed by atoms with van der Waals surface area (Å²) in [6.07, 6.45) is 5.65. The van der Waals surface area contributed by atoms with Crippen LogP contribution in [0.1, 0.15) is 52.7 Å². The smallest absolute Gasteiger partial charge is 0.254 e. The number of pyridine rings is 1. The Morgan fingerprint density at radius 3 is 2.11 bits per heavy atom. The number of carbonyl (C=O) groups excluding carboxylic acids is 5. The lowest BCUT2D eigenvalue weighted by molar-refractivity contribution is -0.133. The Morgan fingerprint density at radius 2 is 1.42 bits per heavy atom. The molecule has 15 heteroatoms. The highest BCUT2D eigenvalue weighted by molar-refractivity contribution is 6.10. The van der Waals surface area contributed by atoms with Crippen molar-refractivity contribution in [3.63, 3.8) is 0 Å². The van der Waals surface area contributed by atoms with E-state index in [2.05, 4.69) is 26.6 Å². The van der Waals surface area contributed by atoms with Crippen molar-refractivity contribution in [2.24, 2.45) is 22.9 Å². The van der Waals surface area contributed by atoms with Crippen molar-refractivity contribution in [2.75, 3.05) is 18.4 Å². The molecular formula is C47H54N10O5. The Bertz CT molecular complexity index is 2390. The van der Waals surface area contributed by atoms with Gasteiger partial charge in [-0.2, -0.15) is 0 Å². The largest absolute Gasteiger partial charge is 0.368 e. The van der Waals surface area contributed by atoms with E-state index in [-0.39, 0.29) is 31.4 Å². The molecule has 4 aromatic carbocycles. The summed E-state index contributed by atoms with van der Waals surface area (Å²) in [6, 6.07) is 27.1. The van der Waals surface area contributed by atoms with Gasteiger partial charge in [-0.15, -0.1) is 0 Å². The lowest BCUT2D eigenvalue weighted by Crippen LogP contribution is -2.59. The fourth-order valence-corrected chi connectivity index (χ4v) is 7.18. The van der Waals surface area contributed by atoms with Gasteiger partial charge in [0.15, 0.2) is 0 Å². The molecule has 2 aliphatic heterocycles. The van der Waals surface area contributed by atoms with E-state index in [0.717, 1.165) is 27.9 Å². The molecule has 1 aromatic heterocycles. The molecule has 2 aliphatic rings. The minimum atomic E-state index is -1.27. The second kappa shape index (κ2) is 21.5. The zero-order chi connectivity index (χ0) is 44.0. The highest BCUT2D eigenvalue weighted by Crippen LogP contribution is 2.33. The molecule has 0 unspecified atom stereocenters. The van der Waals surface area contributed by atoms with Crippen LogP contribution in [-0.4, -0.2) is 71.8 Å². The van der Waals surface area contributed by atoms with E-state index >= 15 is 0 Å². The maximum Gasteiger partial charge on any atom is 0.254 e. The second-order valence-corrected chi connectivity index (χ2v) is 15.2. The molecule has 13 N–H and O–H groups in total. The molecule has 0 radical (unpaired) electrons. The minimum Gasteiger partial charge on any atom is -0.368 e. The quantitative estimate of drug-likeness (QED) is 0.0534. The summed E-state index contributed by atoms with van der Waals surface area (Å²) in [7, 11) is 0. The number of para-hydroxylation sites is 1. The molecule has 0 saturated carbocycles. The zero-order valence-electron chi connectivity index (χ0n) is 34.4. The maximum atomic E-state index is 14.2. The van der Waals surface area contributed by atoms with Gasteiger partial charge < -0.3 is 49.5 Å². The van der Waals surface area contributed by atoms with E-state index < -0.39 is 53.7 Å². The van der Waals surface area contributed by atoms with Gasteiger partial charge in [0, 0.05) is 36.1 Å². The molecule has 5 amide bonds. The van der Waals surface area contributed by atoms with Gasteiger partial charge >= 0.3 is 0 Å². The Kier molecular flexibility index (Phi) is 15.5. The third-order valence-corrected chi connectivity index (χ3v) is 10.7. The molecule has 0 spiro atoms. The normalized spacial score (nSPS) is 19.5. The summed E-state index contributed by atoms with van der Waals surface area (Å²) in [5.74, 6) is -3.32. The molecule has 15 nitrogen and oxygen atoms in total. The molecule has 5 aromatic rings. The van der Waals surface area contributed by atoms with E-state index in [9.17, 15) is 24.0 Å². The van der Waals surface area contributed by atoms with Crippen LogP contribution >= 0.6 is 0 Å². The number of anilines is 2. The van der Waals surface area contributed by atoms with Crippen molar-refractivity contribution in [1.82, 2.24) is 26.3 Å². The Balaban J connectivity index is 1.41. The number of fused-ring (bicyclic) bond motifs is 16. The molecule has 3 heterocycles. The van der Waals surface area contributed by atoms with Gasteiger partial charge in [0.25, 0.3) is 5.91 Å². The number of benzene rings is 4. The number of primary amides is 1. The fourth-order valence-electron chi connectivity index (χ4n) is 7.18. The number of hydrogen-bond acceptors (Lipinski definition) is 10. The average molecular weight is 839 g/mol. The summed E-state index contributed by atoms with van der Waals surface area (Å²) in [6.45, 7) is 0.472. The van der Waals surface area contributed by atoms with Crippen LogP contribution in [-0.2, 0) is 38.6 Å². The van der Waals surface area contributed by atoms with E-state index in [1.165, 1.54) is 0 Å². The fraction of sp³-hybridized carbons (Fsp3) is 0.277. The van der Waals surface area contributed by atoms with Crippen molar-refractivity contribution in [3.05, 3.63) is 138 Å². The summed E-state index contributed by atoms with van der Waals surface area (Å²) < 4.78 is 0. The topological polar surface area (TPSA) is 262 Å². The number of carbonyl (C=O) groups is 5. The van der Waals surface area contributed by atoms with E-state index in [0.29, 0.717) is 54.6 Å². The van der Waals surface area contributed by atoms with Gasteiger partial charge in [0.1, 0.15) is 24.2 Å². The van der Waals surface area contributed by atoms with Crippen molar-refractivity contribution in [2.45, 2.75) is 69.2 Å². The highest BCUT2D eigenvalue weighted by Gasteiger charge is 2.31. The molecule has 322 valence electrons. The Morgan fingerprint density at radius 1 is 0.710 bits per heavy atom. The number of allylic oxidation sites excluding steroid dienone is 1. The molecule has 62 heavy (non-hydrogen) atoms. The Labute approximate surface area is 360 Å². The maximum absolute atomic E-state index is 14.2. The van der Waals surface area contributed by atoms with Crippen molar-refractivity contribution in [3.8, 4) is 11.3 Å². The number of hydrogen-bond donors (Lipinski definition) is 9. The van der Waals surface area contributed by atoms with Crippen LogP contribution in [0, 0.1) is 0 Å². The second-order valence-electron chi connectivity index (χ2n) is 15.2. The van der Waals surface area contributed by atoms with Crippen molar-refractivity contribution >= 4 is 51.8 Å². The summed E-state index contributed by atoms with van der Waals surface area (Å²) >= 11 is 0. The number of aromatic nitrogens is 1. The number of amides is 5. The van der Waals surface area contributed by atoms with Gasteiger partial charge in [0.2, 0.25) is 23.6 Å². The number of unbranched alkanes of at least 4 members (excludes halogenated alkanes) is 1. The van der Waals surface area contributed by atoms with E-state index in [4.69, 9.17) is 27.9 Å². The number of nitrogens with one attached hydrogen (secondary N) is 5.